The van der Waals surface area contributed by atoms with Crippen LogP contribution in [0.1, 0.15) is 31.2 Å². The first kappa shape index (κ1) is 13.3. The number of carbonyl (C=O) groups excluding carboxylic acids is 2. The van der Waals surface area contributed by atoms with Crippen LogP contribution in [0.15, 0.2) is 24.3 Å². The zero-order valence-electron chi connectivity index (χ0n) is 11.8. The summed E-state index contributed by atoms with van der Waals surface area (Å²) in [5.74, 6) is -0.126. The smallest absolute Gasteiger partial charge is 0.251 e. The normalized spacial score (nSPS) is 24.4. The maximum atomic E-state index is 12.6. The molecule has 4 heteroatoms. The second-order valence-corrected chi connectivity index (χ2v) is 5.72. The average molecular weight is 272 g/mol. The molecule has 1 aromatic carbocycles. The summed E-state index contributed by atoms with van der Waals surface area (Å²) in [7, 11) is 0. The van der Waals surface area contributed by atoms with Crippen molar-refractivity contribution in [2.75, 3.05) is 18.0 Å². The van der Waals surface area contributed by atoms with Gasteiger partial charge >= 0.3 is 0 Å². The molecule has 2 saturated heterocycles. The molecule has 0 aliphatic carbocycles. The summed E-state index contributed by atoms with van der Waals surface area (Å²) in [5.41, 5.74) is 1.77. The number of rotatable bonds is 2. The van der Waals surface area contributed by atoms with Crippen molar-refractivity contribution < 1.29 is 9.59 Å². The van der Waals surface area contributed by atoms with Crippen molar-refractivity contribution in [1.82, 2.24) is 4.90 Å². The number of likely N-dealkylation sites (tertiary alicyclic amines) is 1. The minimum Gasteiger partial charge on any atom is -0.292 e. The van der Waals surface area contributed by atoms with Crippen LogP contribution in [-0.2, 0) is 9.59 Å². The van der Waals surface area contributed by atoms with Gasteiger partial charge in [0.1, 0.15) is 0 Å². The maximum absolute atomic E-state index is 12.6. The molecule has 0 saturated carbocycles. The molecule has 20 heavy (non-hydrogen) atoms. The molecule has 0 aromatic heterocycles. The van der Waals surface area contributed by atoms with Crippen molar-refractivity contribution in [2.24, 2.45) is 0 Å². The fourth-order valence-electron chi connectivity index (χ4n) is 3.17. The summed E-state index contributed by atoms with van der Waals surface area (Å²) >= 11 is 0. The summed E-state index contributed by atoms with van der Waals surface area (Å²) in [6.45, 7) is 3.84. The minimum absolute atomic E-state index is 0.0532. The third kappa shape index (κ3) is 2.36. The Balaban J connectivity index is 1.83. The predicted molar refractivity (Wildman–Crippen MR) is 77.5 cm³/mol. The Hall–Kier alpha value is -1.68. The van der Waals surface area contributed by atoms with Crippen LogP contribution in [-0.4, -0.2) is 35.8 Å². The second-order valence-electron chi connectivity index (χ2n) is 5.72. The number of hydrogen-bond donors (Lipinski definition) is 0. The Labute approximate surface area is 119 Å². The lowest BCUT2D eigenvalue weighted by atomic mass is 10.1. The third-order valence-corrected chi connectivity index (χ3v) is 4.21. The molecule has 2 fully saturated rings. The van der Waals surface area contributed by atoms with Gasteiger partial charge in [-0.2, -0.15) is 0 Å². The van der Waals surface area contributed by atoms with Crippen molar-refractivity contribution in [3.63, 3.8) is 0 Å². The topological polar surface area (TPSA) is 40.6 Å². The molecular weight excluding hydrogens is 252 g/mol. The van der Waals surface area contributed by atoms with Crippen LogP contribution in [0.2, 0.25) is 0 Å². The number of aryl methyl sites for hydroxylation is 1. The molecule has 2 aliphatic heterocycles. The van der Waals surface area contributed by atoms with Crippen molar-refractivity contribution in [3.8, 4) is 0 Å². The van der Waals surface area contributed by atoms with Gasteiger partial charge < -0.3 is 0 Å². The Kier molecular flexibility index (Phi) is 3.57. The van der Waals surface area contributed by atoms with E-state index in [2.05, 4.69) is 4.90 Å². The van der Waals surface area contributed by atoms with Crippen LogP contribution in [0.4, 0.5) is 5.69 Å². The monoisotopic (exact) mass is 272 g/mol. The van der Waals surface area contributed by atoms with E-state index in [0.717, 1.165) is 31.5 Å². The van der Waals surface area contributed by atoms with E-state index in [1.807, 2.05) is 31.2 Å². The molecule has 0 spiro atoms. The number of piperidine rings is 1. The molecule has 1 aromatic rings. The number of carbonyl (C=O) groups is 2. The standard InChI is InChI=1S/C16H20N2O2/c1-12-6-5-7-13(10-12)18-15(19)11-14(16(18)20)17-8-3-2-4-9-17/h5-7,10,14H,2-4,8-9,11H2,1H3/t14-/m1/s1. The zero-order valence-corrected chi connectivity index (χ0v) is 11.8. The van der Waals surface area contributed by atoms with Crippen LogP contribution in [0, 0.1) is 6.92 Å². The number of amides is 2. The van der Waals surface area contributed by atoms with Gasteiger partial charge in [-0.05, 0) is 50.6 Å². The van der Waals surface area contributed by atoms with Gasteiger partial charge in [0.2, 0.25) is 5.91 Å². The second kappa shape index (κ2) is 5.37. The maximum Gasteiger partial charge on any atom is 0.251 e. The molecule has 2 heterocycles. The molecule has 3 rings (SSSR count). The van der Waals surface area contributed by atoms with Crippen molar-refractivity contribution in [2.45, 2.75) is 38.6 Å². The summed E-state index contributed by atoms with van der Waals surface area (Å²) in [4.78, 5) is 28.4. The van der Waals surface area contributed by atoms with Gasteiger partial charge in [-0.25, -0.2) is 4.90 Å². The fraction of sp³-hybridized carbons (Fsp3) is 0.500. The van der Waals surface area contributed by atoms with E-state index < -0.39 is 0 Å². The van der Waals surface area contributed by atoms with E-state index in [9.17, 15) is 9.59 Å². The highest BCUT2D eigenvalue weighted by Gasteiger charge is 2.42. The lowest BCUT2D eigenvalue weighted by Crippen LogP contribution is -2.44. The average Bonchev–Trinajstić information content (AvgIpc) is 2.75. The predicted octanol–water partition coefficient (Wildman–Crippen LogP) is 2.11. The van der Waals surface area contributed by atoms with E-state index >= 15 is 0 Å². The van der Waals surface area contributed by atoms with Crippen LogP contribution in [0.5, 0.6) is 0 Å². The van der Waals surface area contributed by atoms with Crippen LogP contribution < -0.4 is 4.90 Å². The molecule has 1 atom stereocenters. The number of benzene rings is 1. The molecule has 106 valence electrons. The Morgan fingerprint density at radius 3 is 2.55 bits per heavy atom. The minimum atomic E-state index is -0.247. The summed E-state index contributed by atoms with van der Waals surface area (Å²) in [6.07, 6.45) is 3.81. The van der Waals surface area contributed by atoms with Gasteiger partial charge in [0.15, 0.2) is 0 Å². The molecular formula is C16H20N2O2. The van der Waals surface area contributed by atoms with Crippen LogP contribution in [0.25, 0.3) is 0 Å². The van der Waals surface area contributed by atoms with E-state index in [0.29, 0.717) is 12.1 Å². The summed E-state index contributed by atoms with van der Waals surface area (Å²) in [5, 5.41) is 0. The molecule has 2 amide bonds. The molecule has 0 N–H and O–H groups in total. The van der Waals surface area contributed by atoms with Gasteiger partial charge in [-0.15, -0.1) is 0 Å². The van der Waals surface area contributed by atoms with Crippen LogP contribution >= 0.6 is 0 Å². The zero-order chi connectivity index (χ0) is 14.1. The van der Waals surface area contributed by atoms with E-state index in [-0.39, 0.29) is 17.9 Å². The molecule has 0 unspecified atom stereocenters. The lowest BCUT2D eigenvalue weighted by molar-refractivity contribution is -0.123. The Morgan fingerprint density at radius 1 is 1.10 bits per heavy atom. The van der Waals surface area contributed by atoms with E-state index in [4.69, 9.17) is 0 Å². The SMILES string of the molecule is Cc1cccc(N2C(=O)C[C@@H](N3CCCCC3)C2=O)c1. The van der Waals surface area contributed by atoms with Gasteiger partial charge in [-0.3, -0.25) is 14.5 Å². The lowest BCUT2D eigenvalue weighted by Gasteiger charge is -2.30. The van der Waals surface area contributed by atoms with Crippen molar-refractivity contribution >= 4 is 17.5 Å². The van der Waals surface area contributed by atoms with Gasteiger partial charge in [0.05, 0.1) is 18.2 Å². The van der Waals surface area contributed by atoms with Crippen molar-refractivity contribution in [1.29, 1.82) is 0 Å². The highest BCUT2D eigenvalue weighted by molar-refractivity contribution is 6.22. The largest absolute Gasteiger partial charge is 0.292 e. The first-order valence-electron chi connectivity index (χ1n) is 7.34. The van der Waals surface area contributed by atoms with Gasteiger partial charge in [-0.1, -0.05) is 18.6 Å². The van der Waals surface area contributed by atoms with Gasteiger partial charge in [0.25, 0.3) is 5.91 Å². The first-order chi connectivity index (χ1) is 9.66. The Morgan fingerprint density at radius 2 is 1.85 bits per heavy atom. The Bertz CT molecular complexity index is 535. The van der Waals surface area contributed by atoms with Crippen LogP contribution in [0.3, 0.4) is 0 Å². The fourth-order valence-corrected chi connectivity index (χ4v) is 3.17. The third-order valence-electron chi connectivity index (χ3n) is 4.21. The van der Waals surface area contributed by atoms with Crippen molar-refractivity contribution in [3.05, 3.63) is 29.8 Å². The van der Waals surface area contributed by atoms with E-state index in [1.165, 1.54) is 11.3 Å². The molecule has 4 nitrogen and oxygen atoms in total. The van der Waals surface area contributed by atoms with Gasteiger partial charge in [0, 0.05) is 0 Å². The highest BCUT2D eigenvalue weighted by Crippen LogP contribution is 2.27. The number of hydrogen-bond acceptors (Lipinski definition) is 3. The summed E-state index contributed by atoms with van der Waals surface area (Å²) < 4.78 is 0. The van der Waals surface area contributed by atoms with E-state index in [1.54, 1.807) is 0 Å². The summed E-state index contributed by atoms with van der Waals surface area (Å²) in [6, 6.07) is 7.34. The number of imide groups is 1. The molecule has 2 aliphatic rings. The quantitative estimate of drug-likeness (QED) is 0.774. The number of anilines is 1. The molecule has 0 bridgehead atoms. The molecule has 0 radical (unpaired) electrons. The number of nitrogens with zero attached hydrogens (tertiary/aromatic N) is 2. The highest BCUT2D eigenvalue weighted by atomic mass is 16.2. The first-order valence-corrected chi connectivity index (χ1v) is 7.34.